The molecule has 13 heavy (non-hydrogen) atoms. The topological polar surface area (TPSA) is 90.9 Å². The first kappa shape index (κ1) is 9.66. The normalized spacial score (nSPS) is 12.5. The minimum Gasteiger partial charge on any atom is -0.394 e. The van der Waals surface area contributed by atoms with Crippen LogP contribution in [0.1, 0.15) is 24.0 Å². The summed E-state index contributed by atoms with van der Waals surface area (Å²) >= 11 is 0. The van der Waals surface area contributed by atoms with Gasteiger partial charge in [-0.25, -0.2) is 4.98 Å². The highest BCUT2D eigenvalue weighted by molar-refractivity contribution is 5.90. The molecule has 0 saturated heterocycles. The van der Waals surface area contributed by atoms with E-state index in [0.29, 0.717) is 6.42 Å². The van der Waals surface area contributed by atoms with Gasteiger partial charge < -0.3 is 10.4 Å². The molecule has 1 atom stereocenters. The van der Waals surface area contributed by atoms with E-state index in [-0.39, 0.29) is 24.4 Å². The van der Waals surface area contributed by atoms with Gasteiger partial charge in [-0.15, -0.1) is 0 Å². The average Bonchev–Trinajstić information content (AvgIpc) is 2.66. The number of amides is 1. The maximum Gasteiger partial charge on any atom is 0.288 e. The predicted molar refractivity (Wildman–Crippen MR) is 45.0 cm³/mol. The number of aliphatic hydroxyl groups is 1. The number of hydrogen-bond donors (Lipinski definition) is 3. The number of aliphatic hydroxyl groups excluding tert-OH is 1. The molecule has 6 nitrogen and oxygen atoms in total. The Labute approximate surface area is 75.4 Å². The second kappa shape index (κ2) is 4.56. The molecular weight excluding hydrogens is 172 g/mol. The first-order valence-corrected chi connectivity index (χ1v) is 4.05. The Bertz CT molecular complexity index is 255. The summed E-state index contributed by atoms with van der Waals surface area (Å²) in [4.78, 5) is 15.0. The van der Waals surface area contributed by atoms with Crippen molar-refractivity contribution in [2.45, 2.75) is 19.4 Å². The molecule has 72 valence electrons. The number of hydrogen-bond acceptors (Lipinski definition) is 4. The highest BCUT2D eigenvalue weighted by atomic mass is 16.3. The van der Waals surface area contributed by atoms with Gasteiger partial charge in [-0.3, -0.25) is 9.89 Å². The van der Waals surface area contributed by atoms with Crippen LogP contribution in [0.4, 0.5) is 0 Å². The molecule has 0 aliphatic heterocycles. The van der Waals surface area contributed by atoms with Crippen molar-refractivity contribution in [2.75, 3.05) is 6.61 Å². The summed E-state index contributed by atoms with van der Waals surface area (Å²) in [6.45, 7) is 1.80. The zero-order valence-corrected chi connectivity index (χ0v) is 7.32. The number of carbonyl (C=O) groups is 1. The van der Waals surface area contributed by atoms with E-state index in [4.69, 9.17) is 5.11 Å². The Kier molecular flexibility index (Phi) is 3.39. The zero-order valence-electron chi connectivity index (χ0n) is 7.32. The standard InChI is InChI=1S/C7H12N4O2/c1-2-5(3-12)10-7(13)6-8-4-9-11-6/h4-5,12H,2-3H2,1H3,(H,10,13)(H,8,9,11)/t5-/m1/s1. The summed E-state index contributed by atoms with van der Waals surface area (Å²) in [5, 5.41) is 17.4. The van der Waals surface area contributed by atoms with Crippen molar-refractivity contribution in [2.24, 2.45) is 0 Å². The fraction of sp³-hybridized carbons (Fsp3) is 0.571. The average molecular weight is 184 g/mol. The number of nitrogens with one attached hydrogen (secondary N) is 2. The summed E-state index contributed by atoms with van der Waals surface area (Å²) in [5.41, 5.74) is 0. The van der Waals surface area contributed by atoms with Gasteiger partial charge >= 0.3 is 0 Å². The second-order valence-corrected chi connectivity index (χ2v) is 2.60. The molecule has 0 aromatic carbocycles. The van der Waals surface area contributed by atoms with Crippen molar-refractivity contribution in [3.05, 3.63) is 12.2 Å². The molecule has 0 fully saturated rings. The Balaban J connectivity index is 2.50. The molecule has 1 amide bonds. The quantitative estimate of drug-likeness (QED) is 0.577. The van der Waals surface area contributed by atoms with Gasteiger partial charge in [-0.1, -0.05) is 6.92 Å². The van der Waals surface area contributed by atoms with Crippen LogP contribution in [0.15, 0.2) is 6.33 Å². The van der Waals surface area contributed by atoms with E-state index < -0.39 is 0 Å². The van der Waals surface area contributed by atoms with Gasteiger partial charge in [0, 0.05) is 0 Å². The SMILES string of the molecule is CC[C@H](CO)NC(=O)c1ncn[nH]1. The Morgan fingerprint density at radius 2 is 2.62 bits per heavy atom. The van der Waals surface area contributed by atoms with Gasteiger partial charge in [0.15, 0.2) is 0 Å². The molecule has 1 aromatic heterocycles. The van der Waals surface area contributed by atoms with Gasteiger partial charge in [0.05, 0.1) is 12.6 Å². The third-order valence-corrected chi connectivity index (χ3v) is 1.68. The van der Waals surface area contributed by atoms with Gasteiger partial charge in [0.2, 0.25) is 5.82 Å². The number of aromatic amines is 1. The van der Waals surface area contributed by atoms with Crippen molar-refractivity contribution in [3.63, 3.8) is 0 Å². The van der Waals surface area contributed by atoms with Crippen molar-refractivity contribution < 1.29 is 9.90 Å². The predicted octanol–water partition coefficient (Wildman–Crippen LogP) is -0.695. The maximum atomic E-state index is 11.3. The van der Waals surface area contributed by atoms with Crippen molar-refractivity contribution in [3.8, 4) is 0 Å². The molecule has 0 spiro atoms. The van der Waals surface area contributed by atoms with Crippen LogP contribution in [0, 0.1) is 0 Å². The fourth-order valence-corrected chi connectivity index (χ4v) is 0.845. The number of carbonyl (C=O) groups excluding carboxylic acids is 1. The van der Waals surface area contributed by atoms with Crippen molar-refractivity contribution in [1.29, 1.82) is 0 Å². The molecule has 0 aliphatic rings. The van der Waals surface area contributed by atoms with Gasteiger partial charge in [0.25, 0.3) is 5.91 Å². The van der Waals surface area contributed by atoms with Gasteiger partial charge in [-0.2, -0.15) is 5.10 Å². The number of nitrogens with zero attached hydrogens (tertiary/aromatic N) is 2. The van der Waals surface area contributed by atoms with E-state index in [1.54, 1.807) is 0 Å². The Morgan fingerprint density at radius 1 is 1.85 bits per heavy atom. The summed E-state index contributed by atoms with van der Waals surface area (Å²) < 4.78 is 0. The summed E-state index contributed by atoms with van der Waals surface area (Å²) in [6.07, 6.45) is 1.94. The van der Waals surface area contributed by atoms with E-state index in [1.807, 2.05) is 6.92 Å². The Hall–Kier alpha value is -1.43. The van der Waals surface area contributed by atoms with Crippen LogP contribution in [0.2, 0.25) is 0 Å². The highest BCUT2D eigenvalue weighted by Crippen LogP contribution is 1.92. The van der Waals surface area contributed by atoms with E-state index >= 15 is 0 Å². The molecule has 3 N–H and O–H groups in total. The van der Waals surface area contributed by atoms with E-state index in [1.165, 1.54) is 6.33 Å². The monoisotopic (exact) mass is 184 g/mol. The van der Waals surface area contributed by atoms with Crippen molar-refractivity contribution >= 4 is 5.91 Å². The third kappa shape index (κ3) is 2.51. The summed E-state index contributed by atoms with van der Waals surface area (Å²) in [5.74, 6) is -0.190. The highest BCUT2D eigenvalue weighted by Gasteiger charge is 2.12. The zero-order chi connectivity index (χ0) is 9.68. The first-order valence-electron chi connectivity index (χ1n) is 4.05. The fourth-order valence-electron chi connectivity index (χ4n) is 0.845. The summed E-state index contributed by atoms with van der Waals surface area (Å²) in [7, 11) is 0. The number of rotatable bonds is 4. The molecule has 0 aliphatic carbocycles. The maximum absolute atomic E-state index is 11.3. The first-order chi connectivity index (χ1) is 6.27. The van der Waals surface area contributed by atoms with Gasteiger partial charge in [-0.05, 0) is 6.42 Å². The minimum atomic E-state index is -0.349. The third-order valence-electron chi connectivity index (χ3n) is 1.68. The van der Waals surface area contributed by atoms with E-state index in [0.717, 1.165) is 0 Å². The molecular formula is C7H12N4O2. The smallest absolute Gasteiger partial charge is 0.288 e. The molecule has 1 aromatic rings. The number of aromatic nitrogens is 3. The van der Waals surface area contributed by atoms with Crippen LogP contribution in [0.5, 0.6) is 0 Å². The number of H-pyrrole nitrogens is 1. The molecule has 1 heterocycles. The lowest BCUT2D eigenvalue weighted by molar-refractivity contribution is 0.0905. The van der Waals surface area contributed by atoms with E-state index in [9.17, 15) is 4.79 Å². The minimum absolute atomic E-state index is 0.0730. The molecule has 1 rings (SSSR count). The lowest BCUT2D eigenvalue weighted by Gasteiger charge is -2.11. The molecule has 0 radical (unpaired) electrons. The molecule has 0 saturated carbocycles. The molecule has 0 bridgehead atoms. The van der Waals surface area contributed by atoms with Crippen LogP contribution in [0.25, 0.3) is 0 Å². The molecule has 6 heteroatoms. The Morgan fingerprint density at radius 3 is 3.08 bits per heavy atom. The lowest BCUT2D eigenvalue weighted by atomic mass is 10.2. The van der Waals surface area contributed by atoms with Crippen LogP contribution < -0.4 is 5.32 Å². The van der Waals surface area contributed by atoms with Crippen LogP contribution in [0.3, 0.4) is 0 Å². The lowest BCUT2D eigenvalue weighted by Crippen LogP contribution is -2.37. The summed E-state index contributed by atoms with van der Waals surface area (Å²) in [6, 6.07) is -0.224. The molecule has 0 unspecified atom stereocenters. The van der Waals surface area contributed by atoms with E-state index in [2.05, 4.69) is 20.5 Å². The second-order valence-electron chi connectivity index (χ2n) is 2.60. The largest absolute Gasteiger partial charge is 0.394 e. The van der Waals surface area contributed by atoms with Crippen molar-refractivity contribution in [1.82, 2.24) is 20.5 Å². The van der Waals surface area contributed by atoms with Crippen LogP contribution in [-0.4, -0.2) is 38.8 Å². The van der Waals surface area contributed by atoms with Crippen LogP contribution in [-0.2, 0) is 0 Å². The van der Waals surface area contributed by atoms with Crippen LogP contribution >= 0.6 is 0 Å². The van der Waals surface area contributed by atoms with Gasteiger partial charge in [0.1, 0.15) is 6.33 Å².